The van der Waals surface area contributed by atoms with Crippen LogP contribution in [-0.4, -0.2) is 79.6 Å². The third kappa shape index (κ3) is 9.25. The summed E-state index contributed by atoms with van der Waals surface area (Å²) in [4.78, 5) is 54.2. The van der Waals surface area contributed by atoms with Gasteiger partial charge in [-0.05, 0) is 81.5 Å². The zero-order valence-electron chi connectivity index (χ0n) is 29.9. The number of nitriles is 1. The molecule has 1 aliphatic heterocycles. The number of nitrogens with zero attached hydrogens (tertiary/aromatic N) is 4. The summed E-state index contributed by atoms with van der Waals surface area (Å²) in [6.07, 6.45) is 2.24. The number of anilines is 1. The second-order valence-electron chi connectivity index (χ2n) is 13.9. The minimum absolute atomic E-state index is 0.0823. The molecule has 3 fully saturated rings. The SMILES string of the molecule is N#C[C@@]1(c2ccc3c(N)ncnn23)O[C@@H](COP(=O)(N[C@@H](CC(=O)OC2CCC2)C(=O)OC2CCC2)Oc2ccccc2)[C@H](CCC(=O)O)[C@H]1CCC(=O)O. The third-order valence-corrected chi connectivity index (χ3v) is 11.8. The Morgan fingerprint density at radius 1 is 1.02 bits per heavy atom. The fourth-order valence-corrected chi connectivity index (χ4v) is 8.54. The number of carboxylic acid groups (broad SMARTS) is 2. The number of nitrogens with one attached hydrogen (secondary N) is 1. The van der Waals surface area contributed by atoms with E-state index in [1.807, 2.05) is 0 Å². The Balaban J connectivity index is 1.33. The number of esters is 2. The lowest BCUT2D eigenvalue weighted by Gasteiger charge is -2.30. The fraction of sp³-hybridized carbons (Fsp3) is 0.528. The van der Waals surface area contributed by atoms with Crippen LogP contribution in [0.4, 0.5) is 5.82 Å². The smallest absolute Gasteiger partial charge is 0.459 e. The Hall–Kier alpha value is -5.08. The summed E-state index contributed by atoms with van der Waals surface area (Å²) in [7, 11) is -4.67. The molecule has 1 unspecified atom stereocenters. The molecule has 6 rings (SSSR count). The van der Waals surface area contributed by atoms with Gasteiger partial charge in [-0.1, -0.05) is 18.2 Å². The van der Waals surface area contributed by atoms with Crippen LogP contribution in [0.5, 0.6) is 5.75 Å². The first-order chi connectivity index (χ1) is 26.4. The third-order valence-electron chi connectivity index (χ3n) is 10.3. The summed E-state index contributed by atoms with van der Waals surface area (Å²) in [5, 5.41) is 37.1. The summed E-state index contributed by atoms with van der Waals surface area (Å²) in [6.45, 7) is -0.592. The Kier molecular flexibility index (Phi) is 12.4. The van der Waals surface area contributed by atoms with E-state index in [9.17, 15) is 39.2 Å². The van der Waals surface area contributed by atoms with E-state index < -0.39 is 80.7 Å². The van der Waals surface area contributed by atoms with Gasteiger partial charge in [-0.15, -0.1) is 0 Å². The average Bonchev–Trinajstić information content (AvgIpc) is 3.69. The second kappa shape index (κ2) is 17.2. The van der Waals surface area contributed by atoms with Crippen LogP contribution in [-0.2, 0) is 48.1 Å². The van der Waals surface area contributed by atoms with Crippen molar-refractivity contribution in [2.24, 2.45) is 11.8 Å². The summed E-state index contributed by atoms with van der Waals surface area (Å²) in [6, 6.07) is 11.7. The van der Waals surface area contributed by atoms with Crippen molar-refractivity contribution in [2.75, 3.05) is 12.3 Å². The van der Waals surface area contributed by atoms with Gasteiger partial charge >= 0.3 is 31.6 Å². The highest BCUT2D eigenvalue weighted by Gasteiger charge is 2.58. The molecule has 0 amide bonds. The predicted octanol–water partition coefficient (Wildman–Crippen LogP) is 4.13. The van der Waals surface area contributed by atoms with Gasteiger partial charge in [-0.2, -0.15) is 15.4 Å². The van der Waals surface area contributed by atoms with Crippen molar-refractivity contribution in [3.63, 3.8) is 0 Å². The molecule has 18 nitrogen and oxygen atoms in total. The van der Waals surface area contributed by atoms with Gasteiger partial charge in [0.05, 0.1) is 24.8 Å². The lowest BCUT2D eigenvalue weighted by molar-refractivity contribution is -0.162. The number of fused-ring (bicyclic) bond motifs is 1. The second-order valence-corrected chi connectivity index (χ2v) is 15.6. The number of nitrogen functional groups attached to an aromatic ring is 1. The Morgan fingerprint density at radius 3 is 2.33 bits per heavy atom. The lowest BCUT2D eigenvalue weighted by atomic mass is 9.74. The Labute approximate surface area is 315 Å². The molecule has 6 atom stereocenters. The standard InChI is InChI=1S/C36H43N6O12P/c37-20-36(30-15-14-28-34(38)39-21-40-42(28)30)26(13-17-32(45)46)25(12-16-31(43)44)29(53-36)19-50-55(49,54-24-6-2-1-3-7-24)41-27(35(48)52-23-10-5-11-23)18-33(47)51-22-8-4-9-22/h1-3,6-7,14-15,21-23,25-27,29H,4-5,8-13,16-19H2,(H,41,49)(H,43,44)(H,45,46)(H2,38,39,40)/t25-,26-,27+,29+,36-,55?/m1/s1. The summed E-state index contributed by atoms with van der Waals surface area (Å²) in [5.74, 6) is -5.48. The number of rotatable bonds is 19. The van der Waals surface area contributed by atoms with Crippen LogP contribution < -0.4 is 15.3 Å². The first-order valence-corrected chi connectivity index (χ1v) is 19.7. The number of carbonyl (C=O) groups is 4. The van der Waals surface area contributed by atoms with E-state index in [0.29, 0.717) is 31.2 Å². The molecular formula is C36H43N6O12P. The molecule has 0 spiro atoms. The van der Waals surface area contributed by atoms with Crippen LogP contribution in [0.25, 0.3) is 5.52 Å². The van der Waals surface area contributed by atoms with E-state index in [1.54, 1.807) is 30.3 Å². The molecule has 2 aromatic heterocycles. The zero-order chi connectivity index (χ0) is 39.2. The normalized spacial score (nSPS) is 24.1. The molecule has 19 heteroatoms. The van der Waals surface area contributed by atoms with Gasteiger partial charge in [0.1, 0.15) is 41.9 Å². The maximum atomic E-state index is 14.8. The van der Waals surface area contributed by atoms with E-state index in [4.69, 9.17) is 29.0 Å². The highest BCUT2D eigenvalue weighted by Crippen LogP contribution is 2.53. The molecule has 0 bridgehead atoms. The van der Waals surface area contributed by atoms with Gasteiger partial charge in [0.2, 0.25) is 0 Å². The molecule has 3 aromatic rings. The molecule has 55 heavy (non-hydrogen) atoms. The van der Waals surface area contributed by atoms with E-state index >= 15 is 0 Å². The van der Waals surface area contributed by atoms with Crippen molar-refractivity contribution in [3.8, 4) is 11.8 Å². The van der Waals surface area contributed by atoms with E-state index in [0.717, 1.165) is 12.8 Å². The molecule has 3 heterocycles. The number of carbonyl (C=O) groups excluding carboxylic acids is 2. The number of nitrogens with two attached hydrogens (primary N) is 1. The molecule has 3 aliphatic rings. The van der Waals surface area contributed by atoms with E-state index in [1.165, 1.54) is 23.0 Å². The molecule has 2 saturated carbocycles. The highest BCUT2D eigenvalue weighted by atomic mass is 31.2. The van der Waals surface area contributed by atoms with Crippen LogP contribution >= 0.6 is 7.75 Å². The minimum Gasteiger partial charge on any atom is -0.481 e. The van der Waals surface area contributed by atoms with Crippen LogP contribution in [0.15, 0.2) is 48.8 Å². The number of hydrogen-bond donors (Lipinski definition) is 4. The summed E-state index contributed by atoms with van der Waals surface area (Å²) >= 11 is 0. The molecule has 1 saturated heterocycles. The zero-order valence-corrected chi connectivity index (χ0v) is 30.8. The fourth-order valence-electron chi connectivity index (χ4n) is 7.03. The molecule has 1 aromatic carbocycles. The molecular weight excluding hydrogens is 739 g/mol. The van der Waals surface area contributed by atoms with Gasteiger partial charge in [-0.3, -0.25) is 23.7 Å². The monoisotopic (exact) mass is 782 g/mol. The molecule has 294 valence electrons. The van der Waals surface area contributed by atoms with Crippen LogP contribution in [0.3, 0.4) is 0 Å². The summed E-state index contributed by atoms with van der Waals surface area (Å²) < 4.78 is 45.6. The number of para-hydroxylation sites is 1. The topological polar surface area (TPSA) is 264 Å². The van der Waals surface area contributed by atoms with Crippen molar-refractivity contribution in [2.45, 2.75) is 101 Å². The number of benzene rings is 1. The van der Waals surface area contributed by atoms with Gasteiger partial charge in [0.15, 0.2) is 11.4 Å². The van der Waals surface area contributed by atoms with Gasteiger partial charge in [0.25, 0.3) is 0 Å². The van der Waals surface area contributed by atoms with Crippen molar-refractivity contribution >= 4 is 43.0 Å². The molecule has 5 N–H and O–H groups in total. The number of ether oxygens (including phenoxy) is 3. The van der Waals surface area contributed by atoms with Crippen LogP contribution in [0.2, 0.25) is 0 Å². The van der Waals surface area contributed by atoms with Gasteiger partial charge in [-0.25, -0.2) is 14.1 Å². The minimum atomic E-state index is -4.67. The largest absolute Gasteiger partial charge is 0.481 e. The quantitative estimate of drug-likeness (QED) is 0.0983. The highest BCUT2D eigenvalue weighted by molar-refractivity contribution is 7.52. The number of aliphatic carboxylic acids is 2. The first kappa shape index (κ1) is 39.6. The van der Waals surface area contributed by atoms with Crippen LogP contribution in [0, 0.1) is 23.2 Å². The Morgan fingerprint density at radius 2 is 1.69 bits per heavy atom. The number of aromatic nitrogens is 3. The van der Waals surface area contributed by atoms with Crippen molar-refractivity contribution in [1.29, 1.82) is 5.26 Å². The molecule has 2 aliphatic carbocycles. The molecule has 0 radical (unpaired) electrons. The number of hydrogen-bond acceptors (Lipinski definition) is 14. The van der Waals surface area contributed by atoms with E-state index in [2.05, 4.69) is 21.2 Å². The predicted molar refractivity (Wildman–Crippen MR) is 190 cm³/mol. The van der Waals surface area contributed by atoms with E-state index in [-0.39, 0.29) is 48.7 Å². The Bertz CT molecular complexity index is 1960. The maximum Gasteiger partial charge on any atom is 0.459 e. The van der Waals surface area contributed by atoms with Crippen molar-refractivity contribution in [1.82, 2.24) is 19.7 Å². The van der Waals surface area contributed by atoms with Crippen LogP contribution in [0.1, 0.15) is 76.3 Å². The summed E-state index contributed by atoms with van der Waals surface area (Å²) in [5.41, 5.74) is 4.68. The van der Waals surface area contributed by atoms with Gasteiger partial charge in [0, 0.05) is 18.8 Å². The van der Waals surface area contributed by atoms with Crippen molar-refractivity contribution < 1.29 is 57.2 Å². The van der Waals surface area contributed by atoms with Crippen molar-refractivity contribution in [3.05, 3.63) is 54.5 Å². The lowest BCUT2D eigenvalue weighted by Crippen LogP contribution is -2.43. The first-order valence-electron chi connectivity index (χ1n) is 18.2. The maximum absolute atomic E-state index is 14.8. The number of carboxylic acids is 2. The van der Waals surface area contributed by atoms with Gasteiger partial charge < -0.3 is 34.7 Å². The average molecular weight is 783 g/mol.